The first kappa shape index (κ1) is 14.5. The summed E-state index contributed by atoms with van der Waals surface area (Å²) in [6.07, 6.45) is 4.47. The van der Waals surface area contributed by atoms with E-state index < -0.39 is 11.5 Å². The van der Waals surface area contributed by atoms with Crippen molar-refractivity contribution in [2.45, 2.75) is 31.3 Å². The second-order valence-corrected chi connectivity index (χ2v) is 7.12. The molecule has 2 atom stereocenters. The number of furan rings is 1. The van der Waals surface area contributed by atoms with Crippen molar-refractivity contribution in [1.82, 2.24) is 0 Å². The summed E-state index contributed by atoms with van der Waals surface area (Å²) in [7, 11) is 0. The minimum Gasteiger partial charge on any atom is -0.460 e. The lowest BCUT2D eigenvalue weighted by Crippen LogP contribution is -2.37. The van der Waals surface area contributed by atoms with E-state index in [1.165, 1.54) is 24.5 Å². The molecule has 1 heterocycles. The quantitative estimate of drug-likeness (QED) is 0.801. The van der Waals surface area contributed by atoms with Gasteiger partial charge in [-0.25, -0.2) is 0 Å². The molecule has 0 amide bonds. The Morgan fingerprint density at radius 2 is 1.76 bits per heavy atom. The average molecular weight is 334 g/mol. The fourth-order valence-corrected chi connectivity index (χ4v) is 4.43. The van der Waals surface area contributed by atoms with Crippen molar-refractivity contribution in [2.24, 2.45) is 0 Å². The van der Waals surface area contributed by atoms with Gasteiger partial charge >= 0.3 is 0 Å². The van der Waals surface area contributed by atoms with Crippen LogP contribution in [0.25, 0.3) is 0 Å². The molecule has 0 fully saturated rings. The molecule has 1 aromatic carbocycles. The lowest BCUT2D eigenvalue weighted by molar-refractivity contribution is 0.0984. The van der Waals surface area contributed by atoms with Gasteiger partial charge in [0, 0.05) is 33.2 Å². The van der Waals surface area contributed by atoms with Crippen LogP contribution in [0.5, 0.6) is 0 Å². The highest BCUT2D eigenvalue weighted by atomic mass is 16.3. The molecule has 0 bridgehead atoms. The summed E-state index contributed by atoms with van der Waals surface area (Å²) in [5.41, 5.74) is 2.56. The van der Waals surface area contributed by atoms with E-state index in [2.05, 4.69) is 0 Å². The van der Waals surface area contributed by atoms with Crippen LogP contribution in [-0.4, -0.2) is 22.5 Å². The Morgan fingerprint density at radius 1 is 1.08 bits per heavy atom. The second kappa shape index (κ2) is 4.43. The van der Waals surface area contributed by atoms with Crippen LogP contribution in [0.1, 0.15) is 79.4 Å². The zero-order valence-corrected chi connectivity index (χ0v) is 13.5. The lowest BCUT2D eigenvalue weighted by Gasteiger charge is -2.40. The molecule has 124 valence electrons. The zero-order valence-electron chi connectivity index (χ0n) is 13.5. The van der Waals surface area contributed by atoms with Gasteiger partial charge in [0.25, 0.3) is 0 Å². The molecule has 25 heavy (non-hydrogen) atoms. The van der Waals surface area contributed by atoms with Crippen molar-refractivity contribution in [3.05, 3.63) is 69.7 Å². The van der Waals surface area contributed by atoms with Crippen LogP contribution in [0.15, 0.2) is 35.0 Å². The van der Waals surface area contributed by atoms with Crippen molar-refractivity contribution in [3.8, 4) is 0 Å². The summed E-state index contributed by atoms with van der Waals surface area (Å²) in [4.78, 5) is 37.3. The summed E-state index contributed by atoms with van der Waals surface area (Å²) in [6.45, 7) is 2.00. The van der Waals surface area contributed by atoms with Crippen molar-refractivity contribution in [2.75, 3.05) is 0 Å². The van der Waals surface area contributed by atoms with Crippen molar-refractivity contribution >= 4 is 17.3 Å². The number of carbonyl (C=O) groups is 3. The second-order valence-electron chi connectivity index (χ2n) is 7.12. The van der Waals surface area contributed by atoms with E-state index in [4.69, 9.17) is 4.42 Å². The largest absolute Gasteiger partial charge is 0.460 e. The van der Waals surface area contributed by atoms with E-state index in [1.54, 1.807) is 6.07 Å². The fraction of sp³-hybridized carbons (Fsp3) is 0.250. The topological polar surface area (TPSA) is 84.6 Å². The van der Waals surface area contributed by atoms with E-state index in [9.17, 15) is 19.5 Å². The minimum atomic E-state index is -0.654. The van der Waals surface area contributed by atoms with Gasteiger partial charge in [-0.1, -0.05) is 6.92 Å². The van der Waals surface area contributed by atoms with Gasteiger partial charge in [-0.2, -0.15) is 0 Å². The third kappa shape index (κ3) is 1.63. The Kier molecular flexibility index (Phi) is 2.58. The number of carbonyl (C=O) groups excluding carboxylic acids is 3. The molecule has 0 radical (unpaired) electrons. The van der Waals surface area contributed by atoms with Crippen LogP contribution in [-0.2, 0) is 5.41 Å². The Labute approximate surface area is 143 Å². The van der Waals surface area contributed by atoms with Crippen molar-refractivity contribution in [1.29, 1.82) is 0 Å². The van der Waals surface area contributed by atoms with Gasteiger partial charge in [-0.3, -0.25) is 14.4 Å². The smallest absolute Gasteiger partial charge is 0.228 e. The normalized spacial score (nSPS) is 26.3. The van der Waals surface area contributed by atoms with Gasteiger partial charge in [0.1, 0.15) is 0 Å². The average Bonchev–Trinajstić information content (AvgIpc) is 3.06. The fourth-order valence-electron chi connectivity index (χ4n) is 4.43. The molecule has 3 aliphatic carbocycles. The van der Waals surface area contributed by atoms with Crippen molar-refractivity contribution in [3.63, 3.8) is 0 Å². The molecule has 2 unspecified atom stereocenters. The Balaban J connectivity index is 1.85. The van der Waals surface area contributed by atoms with E-state index >= 15 is 0 Å². The molecule has 0 saturated heterocycles. The van der Waals surface area contributed by atoms with Crippen LogP contribution in [0.2, 0.25) is 0 Å². The number of allylic oxidation sites excluding steroid dienone is 2. The molecule has 0 saturated carbocycles. The predicted molar refractivity (Wildman–Crippen MR) is 87.0 cm³/mol. The summed E-state index contributed by atoms with van der Waals surface area (Å²) < 4.78 is 5.51. The van der Waals surface area contributed by atoms with Gasteiger partial charge < -0.3 is 9.52 Å². The Bertz CT molecular complexity index is 1040. The summed E-state index contributed by atoms with van der Waals surface area (Å²) in [5, 5.41) is 10.3. The molecule has 0 spiro atoms. The highest BCUT2D eigenvalue weighted by Crippen LogP contribution is 2.52. The predicted octanol–water partition coefficient (Wildman–Crippen LogP) is 2.89. The number of aliphatic hydroxyl groups is 1. The van der Waals surface area contributed by atoms with Crippen LogP contribution >= 0.6 is 0 Å². The highest BCUT2D eigenvalue weighted by Gasteiger charge is 2.48. The van der Waals surface area contributed by atoms with Crippen LogP contribution < -0.4 is 0 Å². The molecular formula is C20H14O5. The van der Waals surface area contributed by atoms with Gasteiger partial charge in [0.05, 0.1) is 12.4 Å². The molecule has 0 aliphatic heterocycles. The Hall–Kier alpha value is -2.79. The highest BCUT2D eigenvalue weighted by molar-refractivity contribution is 6.23. The van der Waals surface area contributed by atoms with E-state index in [1.807, 2.05) is 6.92 Å². The Morgan fingerprint density at radius 3 is 2.48 bits per heavy atom. The maximum Gasteiger partial charge on any atom is 0.228 e. The van der Waals surface area contributed by atoms with Gasteiger partial charge in [0.15, 0.2) is 17.3 Å². The number of hydrogen-bond acceptors (Lipinski definition) is 5. The van der Waals surface area contributed by atoms with Gasteiger partial charge in [-0.05, 0) is 42.7 Å². The van der Waals surface area contributed by atoms with E-state index in [0.29, 0.717) is 35.1 Å². The standard InChI is InChI=1S/C20H14O5/c1-20-5-4-16(23)12-8-25-19(17(12)20)18(24)11-6-9-10(7-13(11)20)15(22)3-2-14(9)21/h2-3,6-8,16,23H,4-5H2,1H3. The van der Waals surface area contributed by atoms with Crippen LogP contribution in [0.3, 0.4) is 0 Å². The first-order valence-corrected chi connectivity index (χ1v) is 8.21. The number of benzene rings is 1. The minimum absolute atomic E-state index is 0.230. The molecule has 2 aromatic rings. The van der Waals surface area contributed by atoms with Gasteiger partial charge in [0.2, 0.25) is 5.78 Å². The number of rotatable bonds is 0. The first-order valence-electron chi connectivity index (χ1n) is 8.21. The van der Waals surface area contributed by atoms with E-state index in [0.717, 1.165) is 5.56 Å². The number of hydrogen-bond donors (Lipinski definition) is 1. The first-order chi connectivity index (χ1) is 11.9. The number of fused-ring (bicyclic) bond motifs is 3. The van der Waals surface area contributed by atoms with Gasteiger partial charge in [-0.15, -0.1) is 0 Å². The third-order valence-corrected chi connectivity index (χ3v) is 5.77. The molecule has 5 rings (SSSR count). The van der Waals surface area contributed by atoms with Crippen molar-refractivity contribution < 1.29 is 23.9 Å². The summed E-state index contributed by atoms with van der Waals surface area (Å²) >= 11 is 0. The zero-order chi connectivity index (χ0) is 17.5. The summed E-state index contributed by atoms with van der Waals surface area (Å²) in [5.74, 6) is -0.586. The lowest BCUT2D eigenvalue weighted by atomic mass is 9.62. The molecular weight excluding hydrogens is 320 g/mol. The molecule has 1 aromatic heterocycles. The monoisotopic (exact) mass is 334 g/mol. The third-order valence-electron chi connectivity index (χ3n) is 5.77. The molecule has 3 aliphatic rings. The molecule has 1 N–H and O–H groups in total. The van der Waals surface area contributed by atoms with Crippen LogP contribution in [0, 0.1) is 0 Å². The number of aliphatic hydroxyl groups excluding tert-OH is 1. The summed E-state index contributed by atoms with van der Waals surface area (Å²) in [6, 6.07) is 3.21. The maximum absolute atomic E-state index is 12.9. The number of ketones is 3. The van der Waals surface area contributed by atoms with E-state index in [-0.39, 0.29) is 28.7 Å². The molecule has 5 heteroatoms. The maximum atomic E-state index is 12.9. The van der Waals surface area contributed by atoms with Crippen LogP contribution in [0.4, 0.5) is 0 Å². The SMILES string of the molecule is CC12CCC(O)c3coc(c31)C(=O)c1cc3c(cc12)C(=O)C=CC3=O. The molecule has 5 nitrogen and oxygen atoms in total.